The minimum absolute atomic E-state index is 0.144. The van der Waals surface area contributed by atoms with Gasteiger partial charge in [-0.2, -0.15) is 4.98 Å². The van der Waals surface area contributed by atoms with E-state index in [0.717, 1.165) is 0 Å². The summed E-state index contributed by atoms with van der Waals surface area (Å²) in [6.45, 7) is 2.08. The molecule has 1 rings (SSSR count). The van der Waals surface area contributed by atoms with Gasteiger partial charge in [0, 0.05) is 12.6 Å². The Labute approximate surface area is 70.2 Å². The predicted molar refractivity (Wildman–Crippen MR) is 45.6 cm³/mol. The lowest BCUT2D eigenvalue weighted by atomic mass is 10.2. The molecule has 0 aliphatic heterocycles. The highest BCUT2D eigenvalue weighted by Crippen LogP contribution is 2.02. The van der Waals surface area contributed by atoms with E-state index in [1.807, 2.05) is 6.92 Å². The van der Waals surface area contributed by atoms with Gasteiger partial charge in [0.2, 0.25) is 11.9 Å². The van der Waals surface area contributed by atoms with Crippen molar-refractivity contribution in [1.82, 2.24) is 15.2 Å². The lowest BCUT2D eigenvalue weighted by molar-refractivity contribution is 0.282. The Hall–Kier alpha value is -1.30. The molecule has 1 aromatic heterocycles. The standard InChI is InChI=1S/C6H13N5O/c1-4(2-3-12)8-6-9-5(7)10-11-6/h4,12H,2-3H2,1H3,(H4,7,8,9,10,11). The van der Waals surface area contributed by atoms with Crippen LogP contribution in [0.5, 0.6) is 0 Å². The number of H-pyrrole nitrogens is 1. The minimum Gasteiger partial charge on any atom is -0.396 e. The molecule has 1 atom stereocenters. The topological polar surface area (TPSA) is 99.8 Å². The van der Waals surface area contributed by atoms with E-state index < -0.39 is 0 Å². The first-order chi connectivity index (χ1) is 5.72. The third-order valence-electron chi connectivity index (χ3n) is 1.44. The Morgan fingerprint density at radius 2 is 2.50 bits per heavy atom. The molecule has 0 aromatic carbocycles. The number of hydrogen-bond acceptors (Lipinski definition) is 5. The summed E-state index contributed by atoms with van der Waals surface area (Å²) in [7, 11) is 0. The first-order valence-electron chi connectivity index (χ1n) is 3.77. The summed E-state index contributed by atoms with van der Waals surface area (Å²) in [4.78, 5) is 3.85. The molecule has 68 valence electrons. The number of nitrogens with two attached hydrogens (primary N) is 1. The van der Waals surface area contributed by atoms with Gasteiger partial charge >= 0.3 is 0 Å². The average molecular weight is 171 g/mol. The van der Waals surface area contributed by atoms with Crippen molar-refractivity contribution < 1.29 is 5.11 Å². The highest BCUT2D eigenvalue weighted by molar-refractivity contribution is 5.30. The van der Waals surface area contributed by atoms with Gasteiger partial charge < -0.3 is 16.2 Å². The molecule has 1 aromatic rings. The van der Waals surface area contributed by atoms with Crippen LogP contribution in [0.4, 0.5) is 11.9 Å². The maximum atomic E-state index is 8.61. The highest BCUT2D eigenvalue weighted by atomic mass is 16.3. The minimum atomic E-state index is 0.144. The summed E-state index contributed by atoms with van der Waals surface area (Å²) in [6, 6.07) is 0.144. The van der Waals surface area contributed by atoms with Crippen LogP contribution in [0.2, 0.25) is 0 Å². The van der Waals surface area contributed by atoms with Crippen molar-refractivity contribution in [3.8, 4) is 0 Å². The number of nitrogens with zero attached hydrogens (tertiary/aromatic N) is 2. The first kappa shape index (κ1) is 8.79. The molecule has 12 heavy (non-hydrogen) atoms. The highest BCUT2D eigenvalue weighted by Gasteiger charge is 2.04. The average Bonchev–Trinajstić information content (AvgIpc) is 2.36. The third-order valence-corrected chi connectivity index (χ3v) is 1.44. The van der Waals surface area contributed by atoms with Crippen LogP contribution < -0.4 is 11.1 Å². The number of nitrogens with one attached hydrogen (secondary N) is 2. The van der Waals surface area contributed by atoms with Gasteiger partial charge in [-0.15, -0.1) is 5.10 Å². The van der Waals surface area contributed by atoms with Crippen molar-refractivity contribution in [1.29, 1.82) is 0 Å². The fourth-order valence-corrected chi connectivity index (χ4v) is 0.825. The maximum absolute atomic E-state index is 8.61. The molecule has 1 heterocycles. The summed E-state index contributed by atoms with van der Waals surface area (Å²) in [5.74, 6) is 0.752. The second kappa shape index (κ2) is 3.91. The van der Waals surface area contributed by atoms with Gasteiger partial charge in [-0.25, -0.2) is 5.10 Å². The fraction of sp³-hybridized carbons (Fsp3) is 0.667. The second-order valence-corrected chi connectivity index (χ2v) is 2.60. The summed E-state index contributed by atoms with van der Waals surface area (Å²) in [5.41, 5.74) is 5.31. The monoisotopic (exact) mass is 171 g/mol. The van der Waals surface area contributed by atoms with Gasteiger partial charge in [0.05, 0.1) is 0 Å². The lowest BCUT2D eigenvalue weighted by Crippen LogP contribution is -2.17. The predicted octanol–water partition coefficient (Wildman–Crippen LogP) is -0.430. The Morgan fingerprint density at radius 1 is 1.75 bits per heavy atom. The van der Waals surface area contributed by atoms with Crippen LogP contribution in [0.3, 0.4) is 0 Å². The largest absolute Gasteiger partial charge is 0.396 e. The number of aliphatic hydroxyl groups excluding tert-OH is 1. The maximum Gasteiger partial charge on any atom is 0.243 e. The molecule has 0 fully saturated rings. The van der Waals surface area contributed by atoms with Gasteiger partial charge in [-0.1, -0.05) is 0 Å². The normalized spacial score (nSPS) is 12.8. The molecule has 6 heteroatoms. The fourth-order valence-electron chi connectivity index (χ4n) is 0.825. The molecule has 0 aliphatic carbocycles. The van der Waals surface area contributed by atoms with Crippen molar-refractivity contribution in [3.63, 3.8) is 0 Å². The lowest BCUT2D eigenvalue weighted by Gasteiger charge is -2.08. The number of anilines is 2. The van der Waals surface area contributed by atoms with E-state index in [1.54, 1.807) is 0 Å². The van der Waals surface area contributed by atoms with Crippen molar-refractivity contribution in [2.24, 2.45) is 0 Å². The van der Waals surface area contributed by atoms with Crippen LogP contribution in [-0.4, -0.2) is 32.9 Å². The zero-order valence-electron chi connectivity index (χ0n) is 6.91. The molecule has 0 aliphatic rings. The molecule has 0 saturated carbocycles. The Kier molecular flexibility index (Phi) is 2.87. The van der Waals surface area contributed by atoms with Gasteiger partial charge in [-0.3, -0.25) is 0 Å². The Balaban J connectivity index is 2.41. The number of aromatic nitrogens is 3. The van der Waals surface area contributed by atoms with Crippen molar-refractivity contribution in [2.45, 2.75) is 19.4 Å². The molecule has 0 radical (unpaired) electrons. The Morgan fingerprint density at radius 3 is 3.00 bits per heavy atom. The summed E-state index contributed by atoms with van der Waals surface area (Å²) >= 11 is 0. The van der Waals surface area contributed by atoms with Crippen molar-refractivity contribution >= 4 is 11.9 Å². The van der Waals surface area contributed by atoms with Crippen LogP contribution in [0.1, 0.15) is 13.3 Å². The Bertz CT molecular complexity index is 236. The number of aromatic amines is 1. The van der Waals surface area contributed by atoms with E-state index in [4.69, 9.17) is 10.8 Å². The second-order valence-electron chi connectivity index (χ2n) is 2.60. The van der Waals surface area contributed by atoms with E-state index in [1.165, 1.54) is 0 Å². The number of rotatable bonds is 4. The van der Waals surface area contributed by atoms with Gasteiger partial charge in [0.1, 0.15) is 0 Å². The van der Waals surface area contributed by atoms with Crippen LogP contribution >= 0.6 is 0 Å². The third kappa shape index (κ3) is 2.39. The summed E-state index contributed by atoms with van der Waals surface area (Å²) in [5, 5.41) is 17.9. The zero-order valence-corrected chi connectivity index (χ0v) is 6.91. The van der Waals surface area contributed by atoms with Crippen LogP contribution in [0.15, 0.2) is 0 Å². The first-order valence-corrected chi connectivity index (χ1v) is 3.77. The van der Waals surface area contributed by atoms with E-state index in [0.29, 0.717) is 12.4 Å². The molecular weight excluding hydrogens is 158 g/mol. The summed E-state index contributed by atoms with van der Waals surface area (Å²) in [6.07, 6.45) is 0.661. The van der Waals surface area contributed by atoms with Crippen molar-refractivity contribution in [3.05, 3.63) is 0 Å². The van der Waals surface area contributed by atoms with Crippen LogP contribution in [0.25, 0.3) is 0 Å². The molecule has 5 N–H and O–H groups in total. The molecule has 0 spiro atoms. The quantitative estimate of drug-likeness (QED) is 0.492. The zero-order chi connectivity index (χ0) is 8.97. The number of hydrogen-bond donors (Lipinski definition) is 4. The number of nitrogen functional groups attached to an aromatic ring is 1. The SMILES string of the molecule is CC(CCO)Nc1n[nH]c(N)n1. The molecule has 0 bridgehead atoms. The van der Waals surface area contributed by atoms with E-state index in [9.17, 15) is 0 Å². The van der Waals surface area contributed by atoms with Crippen LogP contribution in [0, 0.1) is 0 Å². The van der Waals surface area contributed by atoms with E-state index in [2.05, 4.69) is 20.5 Å². The molecule has 6 nitrogen and oxygen atoms in total. The summed E-state index contributed by atoms with van der Waals surface area (Å²) < 4.78 is 0. The van der Waals surface area contributed by atoms with Crippen molar-refractivity contribution in [2.75, 3.05) is 17.7 Å². The molecular formula is C6H13N5O. The van der Waals surface area contributed by atoms with E-state index >= 15 is 0 Å². The van der Waals surface area contributed by atoms with Gasteiger partial charge in [0.25, 0.3) is 0 Å². The molecule has 0 saturated heterocycles. The smallest absolute Gasteiger partial charge is 0.243 e. The molecule has 1 unspecified atom stereocenters. The van der Waals surface area contributed by atoms with E-state index in [-0.39, 0.29) is 18.6 Å². The van der Waals surface area contributed by atoms with Gasteiger partial charge in [-0.05, 0) is 13.3 Å². The number of aliphatic hydroxyl groups is 1. The van der Waals surface area contributed by atoms with Crippen LogP contribution in [-0.2, 0) is 0 Å². The molecule has 0 amide bonds. The van der Waals surface area contributed by atoms with Gasteiger partial charge in [0.15, 0.2) is 0 Å².